The van der Waals surface area contributed by atoms with Gasteiger partial charge in [-0.2, -0.15) is 0 Å². The van der Waals surface area contributed by atoms with Gasteiger partial charge in [-0.05, 0) is 36.1 Å². The van der Waals surface area contributed by atoms with Crippen molar-refractivity contribution in [2.45, 2.75) is 20.0 Å². The number of thiophene rings is 1. The van der Waals surface area contributed by atoms with Crippen molar-refractivity contribution in [3.05, 3.63) is 56.8 Å². The van der Waals surface area contributed by atoms with Crippen LogP contribution < -0.4 is 5.69 Å². The summed E-state index contributed by atoms with van der Waals surface area (Å²) in [7, 11) is 1.74. The zero-order valence-corrected chi connectivity index (χ0v) is 13.2. The van der Waals surface area contributed by atoms with Crippen LogP contribution >= 0.6 is 11.3 Å². The van der Waals surface area contributed by atoms with Crippen molar-refractivity contribution in [3.8, 4) is 0 Å². The van der Waals surface area contributed by atoms with E-state index in [9.17, 15) is 9.59 Å². The summed E-state index contributed by atoms with van der Waals surface area (Å²) in [5.74, 6) is -0.140. The maximum Gasteiger partial charge on any atom is 0.350 e. The van der Waals surface area contributed by atoms with Crippen molar-refractivity contribution in [2.75, 3.05) is 7.05 Å². The molecular formula is C15H16N4O2S. The Hall–Kier alpha value is -2.41. The number of hydrogen-bond acceptors (Lipinski definition) is 4. The minimum Gasteiger partial charge on any atom is -0.339 e. The van der Waals surface area contributed by atoms with Gasteiger partial charge in [0.2, 0.25) is 5.91 Å². The fourth-order valence-corrected chi connectivity index (χ4v) is 3.15. The Labute approximate surface area is 131 Å². The van der Waals surface area contributed by atoms with E-state index in [1.54, 1.807) is 47.7 Å². The molecule has 0 aliphatic carbocycles. The van der Waals surface area contributed by atoms with Crippen LogP contribution in [0.2, 0.25) is 0 Å². The van der Waals surface area contributed by atoms with Gasteiger partial charge < -0.3 is 4.90 Å². The zero-order valence-electron chi connectivity index (χ0n) is 12.4. The lowest BCUT2D eigenvalue weighted by Gasteiger charge is -2.16. The quantitative estimate of drug-likeness (QED) is 0.733. The molecule has 0 bridgehead atoms. The van der Waals surface area contributed by atoms with Crippen molar-refractivity contribution in [3.63, 3.8) is 0 Å². The number of carbonyl (C=O) groups excluding carboxylic acids is 1. The molecule has 7 heteroatoms. The monoisotopic (exact) mass is 316 g/mol. The van der Waals surface area contributed by atoms with Crippen molar-refractivity contribution >= 4 is 22.9 Å². The van der Waals surface area contributed by atoms with E-state index >= 15 is 0 Å². The van der Waals surface area contributed by atoms with Crippen LogP contribution in [0.25, 0.3) is 5.65 Å². The second-order valence-corrected chi connectivity index (χ2v) is 6.15. The van der Waals surface area contributed by atoms with Crippen LogP contribution in [-0.4, -0.2) is 32.0 Å². The molecule has 3 rings (SSSR count). The van der Waals surface area contributed by atoms with Crippen molar-refractivity contribution in [1.29, 1.82) is 0 Å². The highest BCUT2D eigenvalue weighted by Crippen LogP contribution is 2.17. The first-order valence-electron chi connectivity index (χ1n) is 6.87. The van der Waals surface area contributed by atoms with E-state index in [4.69, 9.17) is 0 Å². The maximum atomic E-state index is 12.3. The van der Waals surface area contributed by atoms with Gasteiger partial charge in [0.25, 0.3) is 0 Å². The highest BCUT2D eigenvalue weighted by atomic mass is 32.1. The topological polar surface area (TPSA) is 59.6 Å². The lowest BCUT2D eigenvalue weighted by Crippen LogP contribution is -2.33. The summed E-state index contributed by atoms with van der Waals surface area (Å²) in [6.07, 6.45) is 1.64. The van der Waals surface area contributed by atoms with Gasteiger partial charge in [-0.15, -0.1) is 16.4 Å². The number of hydrogen-bond donors (Lipinski definition) is 0. The van der Waals surface area contributed by atoms with Gasteiger partial charge in [0.05, 0.1) is 6.54 Å². The predicted octanol–water partition coefficient (Wildman–Crippen LogP) is 1.52. The Morgan fingerprint density at radius 2 is 2.18 bits per heavy atom. The first-order valence-corrected chi connectivity index (χ1v) is 7.75. The van der Waals surface area contributed by atoms with E-state index in [0.717, 1.165) is 4.88 Å². The molecule has 0 aromatic carbocycles. The molecule has 0 radical (unpaired) electrons. The molecule has 0 saturated carbocycles. The molecular weight excluding hydrogens is 300 g/mol. The van der Waals surface area contributed by atoms with Gasteiger partial charge in [-0.3, -0.25) is 9.20 Å². The Morgan fingerprint density at radius 3 is 2.86 bits per heavy atom. The van der Waals surface area contributed by atoms with E-state index in [-0.39, 0.29) is 18.1 Å². The van der Waals surface area contributed by atoms with E-state index in [1.165, 1.54) is 14.6 Å². The SMILES string of the molecule is Cc1ccsc1CN(C)C(=O)Cn1nc2ccccn2c1=O. The lowest BCUT2D eigenvalue weighted by molar-refractivity contribution is -0.131. The predicted molar refractivity (Wildman–Crippen MR) is 85.0 cm³/mol. The Kier molecular flexibility index (Phi) is 3.81. The van der Waals surface area contributed by atoms with Crippen LogP contribution in [0.15, 0.2) is 40.6 Å². The second-order valence-electron chi connectivity index (χ2n) is 5.15. The molecule has 114 valence electrons. The van der Waals surface area contributed by atoms with Crippen molar-refractivity contribution in [2.24, 2.45) is 0 Å². The zero-order chi connectivity index (χ0) is 15.7. The first-order chi connectivity index (χ1) is 10.6. The van der Waals surface area contributed by atoms with Crippen LogP contribution in [0.1, 0.15) is 10.4 Å². The third-order valence-electron chi connectivity index (χ3n) is 3.55. The van der Waals surface area contributed by atoms with Crippen LogP contribution in [-0.2, 0) is 17.9 Å². The van der Waals surface area contributed by atoms with Gasteiger partial charge in [0, 0.05) is 18.1 Å². The summed E-state index contributed by atoms with van der Waals surface area (Å²) in [5.41, 5.74) is 1.41. The Balaban J connectivity index is 1.76. The van der Waals surface area contributed by atoms with Crippen molar-refractivity contribution in [1.82, 2.24) is 19.1 Å². The minimum atomic E-state index is -0.301. The third-order valence-corrected chi connectivity index (χ3v) is 4.56. The maximum absolute atomic E-state index is 12.3. The van der Waals surface area contributed by atoms with Gasteiger partial charge in [0.15, 0.2) is 5.65 Å². The lowest BCUT2D eigenvalue weighted by atomic mass is 10.3. The second kappa shape index (κ2) is 5.76. The van der Waals surface area contributed by atoms with E-state index in [1.807, 2.05) is 18.4 Å². The molecule has 3 aromatic rings. The number of pyridine rings is 1. The number of amides is 1. The highest BCUT2D eigenvalue weighted by Gasteiger charge is 2.15. The summed E-state index contributed by atoms with van der Waals surface area (Å²) >= 11 is 1.63. The normalized spacial score (nSPS) is 11.0. The molecule has 0 atom stereocenters. The summed E-state index contributed by atoms with van der Waals surface area (Å²) in [5, 5.41) is 6.18. The van der Waals surface area contributed by atoms with E-state index in [0.29, 0.717) is 12.2 Å². The number of carbonyl (C=O) groups is 1. The average molecular weight is 316 g/mol. The fraction of sp³-hybridized carbons (Fsp3) is 0.267. The van der Waals surface area contributed by atoms with Gasteiger partial charge in [0.1, 0.15) is 6.54 Å². The van der Waals surface area contributed by atoms with Gasteiger partial charge in [-0.1, -0.05) is 6.07 Å². The van der Waals surface area contributed by atoms with E-state index < -0.39 is 0 Å². The standard InChI is InChI=1S/C15H16N4O2S/c1-11-6-8-22-12(11)9-17(2)14(20)10-19-15(21)18-7-4-3-5-13(18)16-19/h3-8H,9-10H2,1-2H3. The Morgan fingerprint density at radius 1 is 1.36 bits per heavy atom. The molecule has 0 saturated heterocycles. The Bertz CT molecular complexity index is 877. The fourth-order valence-electron chi connectivity index (χ4n) is 2.19. The largest absolute Gasteiger partial charge is 0.350 e. The molecule has 3 aromatic heterocycles. The smallest absolute Gasteiger partial charge is 0.339 e. The van der Waals surface area contributed by atoms with Crippen LogP contribution in [0.5, 0.6) is 0 Å². The minimum absolute atomic E-state index is 0.0541. The molecule has 0 aliphatic heterocycles. The molecule has 6 nitrogen and oxygen atoms in total. The number of aryl methyl sites for hydroxylation is 1. The first kappa shape index (κ1) is 14.5. The van der Waals surface area contributed by atoms with Gasteiger partial charge in [-0.25, -0.2) is 9.48 Å². The summed E-state index contributed by atoms with van der Waals surface area (Å²) in [6.45, 7) is 2.52. The molecule has 1 amide bonds. The van der Waals surface area contributed by atoms with Crippen LogP contribution in [0.3, 0.4) is 0 Å². The molecule has 3 heterocycles. The third kappa shape index (κ3) is 2.67. The molecule has 0 aliphatic rings. The van der Waals surface area contributed by atoms with E-state index in [2.05, 4.69) is 5.10 Å². The average Bonchev–Trinajstić information content (AvgIpc) is 3.04. The number of likely N-dealkylation sites (N-methyl/N-ethyl adjacent to an activating group) is 1. The highest BCUT2D eigenvalue weighted by molar-refractivity contribution is 7.10. The van der Waals surface area contributed by atoms with Gasteiger partial charge >= 0.3 is 5.69 Å². The number of rotatable bonds is 4. The summed E-state index contributed by atoms with van der Waals surface area (Å²) in [6, 6.07) is 7.33. The molecule has 0 N–H and O–H groups in total. The summed E-state index contributed by atoms with van der Waals surface area (Å²) < 4.78 is 2.63. The number of aromatic nitrogens is 3. The number of nitrogens with zero attached hydrogens (tertiary/aromatic N) is 4. The molecule has 0 fully saturated rings. The van der Waals surface area contributed by atoms with Crippen molar-refractivity contribution < 1.29 is 4.79 Å². The van der Waals surface area contributed by atoms with Crippen LogP contribution in [0, 0.1) is 6.92 Å². The molecule has 0 unspecified atom stereocenters. The summed E-state index contributed by atoms with van der Waals surface area (Å²) in [4.78, 5) is 27.2. The molecule has 0 spiro atoms. The van der Waals surface area contributed by atoms with Crippen LogP contribution in [0.4, 0.5) is 0 Å². The molecule has 22 heavy (non-hydrogen) atoms. The number of fused-ring (bicyclic) bond motifs is 1.